The second kappa shape index (κ2) is 4.56. The predicted octanol–water partition coefficient (Wildman–Crippen LogP) is 0.0824. The molecule has 0 saturated carbocycles. The number of carbonyl (C=O) groups is 2. The monoisotopic (exact) mass is 249 g/mol. The number of amides is 2. The molecular formula is C12H15N3O3. The second-order valence-corrected chi connectivity index (χ2v) is 4.28. The quantitative estimate of drug-likeness (QED) is 0.753. The van der Waals surface area contributed by atoms with Gasteiger partial charge in [0.25, 0.3) is 5.91 Å². The van der Waals surface area contributed by atoms with Crippen LogP contribution >= 0.6 is 0 Å². The highest BCUT2D eigenvalue weighted by Crippen LogP contribution is 2.33. The Balaban J connectivity index is 2.33. The molecule has 96 valence electrons. The Morgan fingerprint density at radius 1 is 1.50 bits per heavy atom. The van der Waals surface area contributed by atoms with Crippen LogP contribution in [0.15, 0.2) is 18.2 Å². The number of nitrogens with two attached hydrogens (primary N) is 1. The summed E-state index contributed by atoms with van der Waals surface area (Å²) >= 11 is 0. The van der Waals surface area contributed by atoms with Crippen molar-refractivity contribution in [2.75, 3.05) is 37.9 Å². The summed E-state index contributed by atoms with van der Waals surface area (Å²) in [6, 6.07) is 5.03. The Kier molecular flexibility index (Phi) is 3.10. The van der Waals surface area contributed by atoms with Crippen LogP contribution in [0.4, 0.5) is 11.4 Å². The molecule has 0 radical (unpaired) electrons. The van der Waals surface area contributed by atoms with Crippen molar-refractivity contribution in [2.24, 2.45) is 0 Å². The summed E-state index contributed by atoms with van der Waals surface area (Å²) < 4.78 is 5.29. The average molecular weight is 249 g/mol. The molecule has 0 atom stereocenters. The summed E-state index contributed by atoms with van der Waals surface area (Å²) in [5.41, 5.74) is 6.76. The van der Waals surface area contributed by atoms with Gasteiger partial charge in [-0.1, -0.05) is 0 Å². The van der Waals surface area contributed by atoms with E-state index in [-0.39, 0.29) is 25.0 Å². The molecule has 2 amide bonds. The van der Waals surface area contributed by atoms with E-state index in [0.29, 0.717) is 17.1 Å². The Bertz CT molecular complexity index is 499. The van der Waals surface area contributed by atoms with Crippen molar-refractivity contribution in [3.05, 3.63) is 18.2 Å². The minimum absolute atomic E-state index is 0.00829. The third-order valence-corrected chi connectivity index (χ3v) is 2.72. The predicted molar refractivity (Wildman–Crippen MR) is 67.4 cm³/mol. The second-order valence-electron chi connectivity index (χ2n) is 4.28. The number of rotatable bonds is 2. The highest BCUT2D eigenvalue weighted by atomic mass is 16.5. The number of hydrogen-bond acceptors (Lipinski definition) is 4. The van der Waals surface area contributed by atoms with Crippen LogP contribution in [-0.4, -0.2) is 44.0 Å². The summed E-state index contributed by atoms with van der Waals surface area (Å²) in [6.45, 7) is -0.0662. The van der Waals surface area contributed by atoms with Crippen LogP contribution in [0.5, 0.6) is 5.75 Å². The summed E-state index contributed by atoms with van der Waals surface area (Å²) in [4.78, 5) is 26.4. The zero-order chi connectivity index (χ0) is 13.3. The molecule has 0 spiro atoms. The molecule has 0 aromatic heterocycles. The molecule has 0 saturated heterocycles. The Morgan fingerprint density at radius 3 is 2.89 bits per heavy atom. The van der Waals surface area contributed by atoms with Crippen LogP contribution in [0, 0.1) is 0 Å². The van der Waals surface area contributed by atoms with E-state index in [0.717, 1.165) is 0 Å². The zero-order valence-electron chi connectivity index (χ0n) is 10.3. The number of hydrogen-bond donors (Lipinski definition) is 1. The van der Waals surface area contributed by atoms with E-state index < -0.39 is 0 Å². The maximum atomic E-state index is 11.8. The van der Waals surface area contributed by atoms with Crippen LogP contribution in [0.3, 0.4) is 0 Å². The molecule has 0 bridgehead atoms. The highest BCUT2D eigenvalue weighted by Gasteiger charge is 2.27. The molecule has 18 heavy (non-hydrogen) atoms. The molecule has 2 N–H and O–H groups in total. The lowest BCUT2D eigenvalue weighted by atomic mass is 10.2. The van der Waals surface area contributed by atoms with Crippen LogP contribution < -0.4 is 15.4 Å². The van der Waals surface area contributed by atoms with Gasteiger partial charge in [0.05, 0.1) is 5.69 Å². The number of carbonyl (C=O) groups excluding carboxylic acids is 2. The molecular weight excluding hydrogens is 234 g/mol. The third-order valence-electron chi connectivity index (χ3n) is 2.72. The molecule has 1 aromatic carbocycles. The smallest absolute Gasteiger partial charge is 0.265 e. The fourth-order valence-electron chi connectivity index (χ4n) is 1.67. The van der Waals surface area contributed by atoms with Crippen LogP contribution in [0.2, 0.25) is 0 Å². The van der Waals surface area contributed by atoms with Crippen molar-refractivity contribution in [1.82, 2.24) is 4.90 Å². The molecule has 2 rings (SSSR count). The van der Waals surface area contributed by atoms with E-state index in [2.05, 4.69) is 0 Å². The highest BCUT2D eigenvalue weighted by molar-refractivity contribution is 6.02. The first-order valence-electron chi connectivity index (χ1n) is 5.52. The van der Waals surface area contributed by atoms with Crippen molar-refractivity contribution in [2.45, 2.75) is 0 Å². The van der Waals surface area contributed by atoms with E-state index >= 15 is 0 Å². The Labute approximate surface area is 105 Å². The van der Waals surface area contributed by atoms with Crippen molar-refractivity contribution in [3.63, 3.8) is 0 Å². The fraction of sp³-hybridized carbons (Fsp3) is 0.333. The van der Waals surface area contributed by atoms with Gasteiger partial charge < -0.3 is 15.4 Å². The first kappa shape index (κ1) is 12.2. The molecule has 6 heteroatoms. The summed E-state index contributed by atoms with van der Waals surface area (Å²) in [6.07, 6.45) is 0. The summed E-state index contributed by atoms with van der Waals surface area (Å²) in [5, 5.41) is 0. The van der Waals surface area contributed by atoms with Crippen LogP contribution in [0.25, 0.3) is 0 Å². The summed E-state index contributed by atoms with van der Waals surface area (Å²) in [5.74, 6) is 0.164. The fourth-order valence-corrected chi connectivity index (χ4v) is 1.67. The molecule has 1 aliphatic rings. The standard InChI is InChI=1S/C12H15N3O3/c1-14(2)11(16)6-15-9-5-8(13)3-4-10(9)18-7-12(15)17/h3-5H,6-7,13H2,1-2H3. The van der Waals surface area contributed by atoms with Gasteiger partial charge in [0.2, 0.25) is 5.91 Å². The van der Waals surface area contributed by atoms with E-state index in [1.165, 1.54) is 9.80 Å². The minimum atomic E-state index is -0.247. The first-order chi connectivity index (χ1) is 8.49. The topological polar surface area (TPSA) is 75.9 Å². The van der Waals surface area contributed by atoms with Gasteiger partial charge in [-0.05, 0) is 18.2 Å². The number of nitrogen functional groups attached to an aromatic ring is 1. The van der Waals surface area contributed by atoms with Gasteiger partial charge >= 0.3 is 0 Å². The number of anilines is 2. The lowest BCUT2D eigenvalue weighted by Gasteiger charge is -2.29. The van der Waals surface area contributed by atoms with E-state index in [9.17, 15) is 9.59 Å². The van der Waals surface area contributed by atoms with Gasteiger partial charge in [0.15, 0.2) is 6.61 Å². The minimum Gasteiger partial charge on any atom is -0.482 e. The van der Waals surface area contributed by atoms with Gasteiger partial charge in [0, 0.05) is 19.8 Å². The lowest BCUT2D eigenvalue weighted by Crippen LogP contribution is -2.44. The van der Waals surface area contributed by atoms with Crippen molar-refractivity contribution < 1.29 is 14.3 Å². The van der Waals surface area contributed by atoms with E-state index in [1.54, 1.807) is 32.3 Å². The van der Waals surface area contributed by atoms with Crippen molar-refractivity contribution in [1.29, 1.82) is 0 Å². The molecule has 0 fully saturated rings. The molecule has 6 nitrogen and oxygen atoms in total. The van der Waals surface area contributed by atoms with Crippen LogP contribution in [-0.2, 0) is 9.59 Å². The lowest BCUT2D eigenvalue weighted by molar-refractivity contribution is -0.130. The van der Waals surface area contributed by atoms with Crippen molar-refractivity contribution in [3.8, 4) is 5.75 Å². The van der Waals surface area contributed by atoms with E-state index in [1.807, 2.05) is 0 Å². The first-order valence-corrected chi connectivity index (χ1v) is 5.52. The molecule has 1 aliphatic heterocycles. The Hall–Kier alpha value is -2.24. The number of nitrogens with zero attached hydrogens (tertiary/aromatic N) is 2. The maximum Gasteiger partial charge on any atom is 0.265 e. The van der Waals surface area contributed by atoms with Gasteiger partial charge in [-0.25, -0.2) is 0 Å². The molecule has 1 heterocycles. The maximum absolute atomic E-state index is 11.8. The van der Waals surface area contributed by atoms with Gasteiger partial charge in [-0.3, -0.25) is 14.5 Å². The normalized spacial score (nSPS) is 13.9. The SMILES string of the molecule is CN(C)C(=O)CN1C(=O)COc2ccc(N)cc21. The van der Waals surface area contributed by atoms with Crippen LogP contribution in [0.1, 0.15) is 0 Å². The number of fused-ring (bicyclic) bond motifs is 1. The van der Waals surface area contributed by atoms with Gasteiger partial charge in [-0.15, -0.1) is 0 Å². The van der Waals surface area contributed by atoms with Gasteiger partial charge in [-0.2, -0.15) is 0 Å². The average Bonchev–Trinajstić information content (AvgIpc) is 2.32. The third kappa shape index (κ3) is 2.22. The van der Waals surface area contributed by atoms with Crippen molar-refractivity contribution >= 4 is 23.2 Å². The van der Waals surface area contributed by atoms with E-state index in [4.69, 9.17) is 10.5 Å². The number of benzene rings is 1. The molecule has 1 aromatic rings. The number of ether oxygens (including phenoxy) is 1. The van der Waals surface area contributed by atoms with Gasteiger partial charge in [0.1, 0.15) is 12.3 Å². The summed E-state index contributed by atoms with van der Waals surface area (Å²) in [7, 11) is 3.29. The number of likely N-dealkylation sites (N-methyl/N-ethyl adjacent to an activating group) is 1. The molecule has 0 aliphatic carbocycles. The zero-order valence-corrected chi connectivity index (χ0v) is 10.3. The molecule has 0 unspecified atom stereocenters. The largest absolute Gasteiger partial charge is 0.482 e. The Morgan fingerprint density at radius 2 is 2.22 bits per heavy atom.